The zero-order valence-corrected chi connectivity index (χ0v) is 13.5. The van der Waals surface area contributed by atoms with Crippen molar-refractivity contribution < 1.29 is 14.3 Å². The third-order valence-corrected chi connectivity index (χ3v) is 3.47. The number of hydrogen-bond acceptors (Lipinski definition) is 4. The largest absolute Gasteiger partial charge is 0.493 e. The molecular formula is C15H23ClN2O3. The van der Waals surface area contributed by atoms with Crippen LogP contribution in [0.3, 0.4) is 0 Å². The van der Waals surface area contributed by atoms with Gasteiger partial charge >= 0.3 is 0 Å². The highest BCUT2D eigenvalue weighted by Gasteiger charge is 2.24. The lowest BCUT2D eigenvalue weighted by Gasteiger charge is -2.34. The van der Waals surface area contributed by atoms with E-state index in [1.54, 1.807) is 25.3 Å². The molecule has 1 atom stereocenters. The number of carbonyl (C=O) groups excluding carboxylic acids is 1. The van der Waals surface area contributed by atoms with E-state index in [0.717, 1.165) is 19.6 Å². The van der Waals surface area contributed by atoms with Gasteiger partial charge in [0.1, 0.15) is 0 Å². The standard InChI is InChI=1S/C15H22N2O3.ClH/c1-4-20-13-6-5-12(9-14(13)19-3)15(18)17-8-7-16-10-11(17)2;/h5-6,9,11,16H,4,7-8,10H2,1-3H3;1H/t11-;/m1./s1. The lowest BCUT2D eigenvalue weighted by molar-refractivity contribution is 0.0655. The van der Waals surface area contributed by atoms with E-state index in [4.69, 9.17) is 9.47 Å². The quantitative estimate of drug-likeness (QED) is 0.923. The van der Waals surface area contributed by atoms with E-state index < -0.39 is 0 Å². The predicted octanol–water partition coefficient (Wildman–Crippen LogP) is 1.95. The smallest absolute Gasteiger partial charge is 0.254 e. The van der Waals surface area contributed by atoms with Crippen LogP contribution in [-0.4, -0.2) is 50.2 Å². The SMILES string of the molecule is CCOc1ccc(C(=O)N2CCNC[C@H]2C)cc1OC.Cl. The monoisotopic (exact) mass is 314 g/mol. The summed E-state index contributed by atoms with van der Waals surface area (Å²) in [6, 6.07) is 5.54. The maximum absolute atomic E-state index is 12.5. The number of ether oxygens (including phenoxy) is 2. The number of amides is 1. The minimum atomic E-state index is 0. The second-order valence-corrected chi connectivity index (χ2v) is 4.85. The summed E-state index contributed by atoms with van der Waals surface area (Å²) in [5, 5.41) is 3.28. The number of piperazine rings is 1. The zero-order chi connectivity index (χ0) is 14.5. The predicted molar refractivity (Wildman–Crippen MR) is 84.8 cm³/mol. The van der Waals surface area contributed by atoms with Crippen LogP contribution in [0.2, 0.25) is 0 Å². The number of rotatable bonds is 4. The molecule has 2 rings (SSSR count). The molecule has 1 aromatic rings. The van der Waals surface area contributed by atoms with Crippen molar-refractivity contribution in [2.45, 2.75) is 19.9 Å². The van der Waals surface area contributed by atoms with E-state index in [2.05, 4.69) is 12.2 Å². The van der Waals surface area contributed by atoms with Crippen LogP contribution in [-0.2, 0) is 0 Å². The Hall–Kier alpha value is -1.46. The van der Waals surface area contributed by atoms with Crippen LogP contribution in [0, 0.1) is 0 Å². The Bertz CT molecular complexity index is 482. The van der Waals surface area contributed by atoms with E-state index in [1.807, 2.05) is 11.8 Å². The number of nitrogens with zero attached hydrogens (tertiary/aromatic N) is 1. The molecule has 1 N–H and O–H groups in total. The van der Waals surface area contributed by atoms with E-state index in [-0.39, 0.29) is 24.4 Å². The second kappa shape index (κ2) is 8.10. The minimum absolute atomic E-state index is 0. The first-order chi connectivity index (χ1) is 9.67. The molecule has 6 heteroatoms. The van der Waals surface area contributed by atoms with Gasteiger partial charge in [-0.2, -0.15) is 0 Å². The van der Waals surface area contributed by atoms with Gasteiger partial charge in [-0.05, 0) is 32.0 Å². The summed E-state index contributed by atoms with van der Waals surface area (Å²) in [5.41, 5.74) is 0.638. The Morgan fingerprint density at radius 2 is 2.19 bits per heavy atom. The molecule has 0 unspecified atom stereocenters. The maximum Gasteiger partial charge on any atom is 0.254 e. The van der Waals surface area contributed by atoms with Crippen LogP contribution in [0.5, 0.6) is 11.5 Å². The van der Waals surface area contributed by atoms with Crippen molar-refractivity contribution in [1.82, 2.24) is 10.2 Å². The maximum atomic E-state index is 12.5. The molecule has 0 spiro atoms. The molecule has 1 heterocycles. The third kappa shape index (κ3) is 4.02. The molecule has 0 bridgehead atoms. The minimum Gasteiger partial charge on any atom is -0.493 e. The van der Waals surface area contributed by atoms with Crippen molar-refractivity contribution in [3.63, 3.8) is 0 Å². The number of benzene rings is 1. The highest BCUT2D eigenvalue weighted by Crippen LogP contribution is 2.28. The third-order valence-electron chi connectivity index (χ3n) is 3.47. The van der Waals surface area contributed by atoms with Crippen LogP contribution < -0.4 is 14.8 Å². The Labute approximate surface area is 132 Å². The van der Waals surface area contributed by atoms with E-state index >= 15 is 0 Å². The summed E-state index contributed by atoms with van der Waals surface area (Å²) in [6.07, 6.45) is 0. The first-order valence-electron chi connectivity index (χ1n) is 7.00. The molecule has 118 valence electrons. The van der Waals surface area contributed by atoms with Crippen molar-refractivity contribution in [3.05, 3.63) is 23.8 Å². The molecular weight excluding hydrogens is 292 g/mol. The Balaban J connectivity index is 0.00000220. The molecule has 0 radical (unpaired) electrons. The number of halogens is 1. The van der Waals surface area contributed by atoms with E-state index in [9.17, 15) is 4.79 Å². The fraction of sp³-hybridized carbons (Fsp3) is 0.533. The molecule has 0 aromatic heterocycles. The van der Waals surface area contributed by atoms with Gasteiger partial charge in [0.2, 0.25) is 0 Å². The fourth-order valence-corrected chi connectivity index (χ4v) is 2.38. The van der Waals surface area contributed by atoms with Crippen molar-refractivity contribution in [2.75, 3.05) is 33.4 Å². The molecule has 0 saturated carbocycles. The summed E-state index contributed by atoms with van der Waals surface area (Å²) in [4.78, 5) is 14.4. The van der Waals surface area contributed by atoms with E-state index in [0.29, 0.717) is 23.7 Å². The molecule has 5 nitrogen and oxygen atoms in total. The molecule has 0 aliphatic carbocycles. The Morgan fingerprint density at radius 3 is 2.81 bits per heavy atom. The van der Waals surface area contributed by atoms with Crippen LogP contribution in [0.4, 0.5) is 0 Å². The number of hydrogen-bond donors (Lipinski definition) is 1. The number of carbonyl (C=O) groups is 1. The topological polar surface area (TPSA) is 50.8 Å². The summed E-state index contributed by atoms with van der Waals surface area (Å²) in [7, 11) is 1.58. The van der Waals surface area contributed by atoms with Gasteiger partial charge in [-0.25, -0.2) is 0 Å². The zero-order valence-electron chi connectivity index (χ0n) is 12.7. The molecule has 1 fully saturated rings. The Kier molecular flexibility index (Phi) is 6.78. The summed E-state index contributed by atoms with van der Waals surface area (Å²) >= 11 is 0. The van der Waals surface area contributed by atoms with Crippen molar-refractivity contribution in [2.24, 2.45) is 0 Å². The summed E-state index contributed by atoms with van der Waals surface area (Å²) in [5.74, 6) is 1.31. The highest BCUT2D eigenvalue weighted by molar-refractivity contribution is 5.95. The first kappa shape index (κ1) is 17.6. The van der Waals surface area contributed by atoms with Gasteiger partial charge in [0.15, 0.2) is 11.5 Å². The van der Waals surface area contributed by atoms with Crippen LogP contribution in [0.15, 0.2) is 18.2 Å². The van der Waals surface area contributed by atoms with Gasteiger partial charge in [-0.15, -0.1) is 12.4 Å². The Morgan fingerprint density at radius 1 is 1.43 bits per heavy atom. The molecule has 1 aliphatic heterocycles. The summed E-state index contributed by atoms with van der Waals surface area (Å²) < 4.78 is 10.8. The van der Waals surface area contributed by atoms with Gasteiger partial charge in [0.05, 0.1) is 13.7 Å². The highest BCUT2D eigenvalue weighted by atomic mass is 35.5. The van der Waals surface area contributed by atoms with Crippen molar-refractivity contribution >= 4 is 18.3 Å². The van der Waals surface area contributed by atoms with E-state index in [1.165, 1.54) is 0 Å². The molecule has 1 aliphatic rings. The van der Waals surface area contributed by atoms with Crippen LogP contribution >= 0.6 is 12.4 Å². The molecule has 1 aromatic carbocycles. The normalized spacial score (nSPS) is 17.9. The van der Waals surface area contributed by atoms with Gasteiger partial charge in [-0.1, -0.05) is 0 Å². The number of nitrogens with one attached hydrogen (secondary N) is 1. The molecule has 1 amide bonds. The van der Waals surface area contributed by atoms with Gasteiger partial charge in [-0.3, -0.25) is 4.79 Å². The molecule has 21 heavy (non-hydrogen) atoms. The average Bonchev–Trinajstić information content (AvgIpc) is 2.48. The van der Waals surface area contributed by atoms with Crippen LogP contribution in [0.25, 0.3) is 0 Å². The number of methoxy groups -OCH3 is 1. The molecule has 1 saturated heterocycles. The lowest BCUT2D eigenvalue weighted by Crippen LogP contribution is -2.52. The average molecular weight is 315 g/mol. The second-order valence-electron chi connectivity index (χ2n) is 4.85. The van der Waals surface area contributed by atoms with Crippen molar-refractivity contribution in [1.29, 1.82) is 0 Å². The summed E-state index contributed by atoms with van der Waals surface area (Å²) in [6.45, 7) is 6.94. The lowest BCUT2D eigenvalue weighted by atomic mass is 10.1. The first-order valence-corrected chi connectivity index (χ1v) is 7.00. The fourth-order valence-electron chi connectivity index (χ4n) is 2.38. The van der Waals surface area contributed by atoms with Gasteiger partial charge in [0.25, 0.3) is 5.91 Å². The van der Waals surface area contributed by atoms with Gasteiger partial charge in [0, 0.05) is 31.2 Å². The van der Waals surface area contributed by atoms with Crippen molar-refractivity contribution in [3.8, 4) is 11.5 Å². The van der Waals surface area contributed by atoms with Gasteiger partial charge < -0.3 is 19.7 Å². The van der Waals surface area contributed by atoms with Crippen LogP contribution in [0.1, 0.15) is 24.2 Å².